The van der Waals surface area contributed by atoms with Gasteiger partial charge in [-0.2, -0.15) is 0 Å². The van der Waals surface area contributed by atoms with Crippen LogP contribution in [0.1, 0.15) is 25.8 Å². The van der Waals surface area contributed by atoms with E-state index in [0.29, 0.717) is 12.5 Å². The van der Waals surface area contributed by atoms with Crippen molar-refractivity contribution in [2.24, 2.45) is 10.9 Å². The van der Waals surface area contributed by atoms with Crippen molar-refractivity contribution in [3.8, 4) is 5.75 Å². The minimum absolute atomic E-state index is 0. The molecule has 154 valence electrons. The van der Waals surface area contributed by atoms with Gasteiger partial charge < -0.3 is 20.1 Å². The van der Waals surface area contributed by atoms with E-state index in [4.69, 9.17) is 9.47 Å². The number of morpholine rings is 1. The topological polar surface area (TPSA) is 58.1 Å². The van der Waals surface area contributed by atoms with Crippen LogP contribution in [0.25, 0.3) is 0 Å². The standard InChI is InChI=1S/C20H34N4O2.HI/c1-17(2)7-8-22-20(21-3)23-16-18-5-4-6-19(15-18)26-14-11-24-9-12-25-13-10-24;/h4-6,15,17H,7-14,16H2,1-3H3,(H2,21,22,23);1H. The molecule has 1 aromatic carbocycles. The van der Waals surface area contributed by atoms with Gasteiger partial charge >= 0.3 is 0 Å². The molecule has 6 nitrogen and oxygen atoms in total. The Kier molecular flexibility index (Phi) is 12.4. The molecule has 0 aromatic heterocycles. The maximum absolute atomic E-state index is 5.92. The Hall–Kier alpha value is -1.06. The molecule has 1 saturated heterocycles. The predicted molar refractivity (Wildman–Crippen MR) is 122 cm³/mol. The summed E-state index contributed by atoms with van der Waals surface area (Å²) >= 11 is 0. The first-order valence-electron chi connectivity index (χ1n) is 9.63. The van der Waals surface area contributed by atoms with Gasteiger partial charge in [0.05, 0.1) is 13.2 Å². The third kappa shape index (κ3) is 10.2. The van der Waals surface area contributed by atoms with Crippen molar-refractivity contribution >= 4 is 29.9 Å². The summed E-state index contributed by atoms with van der Waals surface area (Å²) in [5.41, 5.74) is 1.18. The number of rotatable bonds is 9. The molecule has 0 aliphatic carbocycles. The summed E-state index contributed by atoms with van der Waals surface area (Å²) in [5.74, 6) is 2.44. The van der Waals surface area contributed by atoms with Gasteiger partial charge in [-0.05, 0) is 30.0 Å². The van der Waals surface area contributed by atoms with Crippen molar-refractivity contribution in [3.05, 3.63) is 29.8 Å². The van der Waals surface area contributed by atoms with E-state index in [2.05, 4.69) is 46.5 Å². The molecule has 1 aromatic rings. The van der Waals surface area contributed by atoms with Crippen LogP contribution in [0.4, 0.5) is 0 Å². The minimum atomic E-state index is 0. The maximum atomic E-state index is 5.92. The van der Waals surface area contributed by atoms with Gasteiger partial charge in [-0.1, -0.05) is 26.0 Å². The Morgan fingerprint density at radius 1 is 1.26 bits per heavy atom. The Bertz CT molecular complexity index is 549. The SMILES string of the molecule is CN=C(NCCC(C)C)NCc1cccc(OCCN2CCOCC2)c1.I. The molecule has 0 spiro atoms. The first kappa shape index (κ1) is 24.0. The molecular weight excluding hydrogens is 455 g/mol. The molecule has 1 aliphatic heterocycles. The summed E-state index contributed by atoms with van der Waals surface area (Å²) in [5, 5.41) is 6.70. The molecule has 1 fully saturated rings. The summed E-state index contributed by atoms with van der Waals surface area (Å²) in [7, 11) is 1.80. The lowest BCUT2D eigenvalue weighted by molar-refractivity contribution is 0.0322. The minimum Gasteiger partial charge on any atom is -0.492 e. The zero-order valence-electron chi connectivity index (χ0n) is 16.9. The zero-order valence-corrected chi connectivity index (χ0v) is 19.2. The van der Waals surface area contributed by atoms with E-state index in [0.717, 1.165) is 64.1 Å². The average molecular weight is 490 g/mol. The van der Waals surface area contributed by atoms with Crippen LogP contribution in [0.15, 0.2) is 29.3 Å². The fraction of sp³-hybridized carbons (Fsp3) is 0.650. The number of halogens is 1. The second-order valence-electron chi connectivity index (χ2n) is 6.98. The van der Waals surface area contributed by atoms with E-state index >= 15 is 0 Å². The number of benzene rings is 1. The number of hydrogen-bond acceptors (Lipinski definition) is 4. The van der Waals surface area contributed by atoms with Gasteiger partial charge in [0.25, 0.3) is 0 Å². The van der Waals surface area contributed by atoms with Crippen LogP contribution in [-0.4, -0.2) is 63.9 Å². The highest BCUT2D eigenvalue weighted by atomic mass is 127. The van der Waals surface area contributed by atoms with Crippen LogP contribution in [0.3, 0.4) is 0 Å². The van der Waals surface area contributed by atoms with Gasteiger partial charge in [0.1, 0.15) is 12.4 Å². The molecule has 1 aliphatic rings. The van der Waals surface area contributed by atoms with Gasteiger partial charge in [0.15, 0.2) is 5.96 Å². The van der Waals surface area contributed by atoms with E-state index in [1.807, 2.05) is 12.1 Å². The molecule has 0 atom stereocenters. The zero-order chi connectivity index (χ0) is 18.6. The van der Waals surface area contributed by atoms with E-state index in [-0.39, 0.29) is 24.0 Å². The highest BCUT2D eigenvalue weighted by Crippen LogP contribution is 2.13. The molecule has 1 heterocycles. The van der Waals surface area contributed by atoms with E-state index in [1.54, 1.807) is 7.05 Å². The van der Waals surface area contributed by atoms with Crippen LogP contribution in [-0.2, 0) is 11.3 Å². The number of aliphatic imine (C=N–C) groups is 1. The van der Waals surface area contributed by atoms with Crippen LogP contribution >= 0.6 is 24.0 Å². The first-order valence-corrected chi connectivity index (χ1v) is 9.63. The molecule has 0 saturated carbocycles. The van der Waals surface area contributed by atoms with E-state index < -0.39 is 0 Å². The predicted octanol–water partition coefficient (Wildman–Crippen LogP) is 2.73. The van der Waals surface area contributed by atoms with Crippen LogP contribution in [0.5, 0.6) is 5.75 Å². The average Bonchev–Trinajstić information content (AvgIpc) is 2.65. The molecule has 0 radical (unpaired) electrons. The lowest BCUT2D eigenvalue weighted by Crippen LogP contribution is -2.38. The summed E-state index contributed by atoms with van der Waals surface area (Å²) in [6, 6.07) is 8.24. The third-order valence-corrected chi connectivity index (χ3v) is 4.38. The fourth-order valence-electron chi connectivity index (χ4n) is 2.75. The molecule has 2 N–H and O–H groups in total. The number of hydrogen-bond donors (Lipinski definition) is 2. The third-order valence-electron chi connectivity index (χ3n) is 4.38. The molecular formula is C20H35IN4O2. The van der Waals surface area contributed by atoms with Gasteiger partial charge in [-0.25, -0.2) is 0 Å². The smallest absolute Gasteiger partial charge is 0.191 e. The highest BCUT2D eigenvalue weighted by Gasteiger charge is 2.09. The monoisotopic (exact) mass is 490 g/mol. The molecule has 2 rings (SSSR count). The Morgan fingerprint density at radius 2 is 2.04 bits per heavy atom. The van der Waals surface area contributed by atoms with Crippen LogP contribution in [0.2, 0.25) is 0 Å². The molecule has 0 unspecified atom stereocenters. The lowest BCUT2D eigenvalue weighted by atomic mass is 10.1. The second-order valence-corrected chi connectivity index (χ2v) is 6.98. The summed E-state index contributed by atoms with van der Waals surface area (Å²) in [6.07, 6.45) is 1.13. The Balaban J connectivity index is 0.00000364. The van der Waals surface area contributed by atoms with Crippen LogP contribution < -0.4 is 15.4 Å². The van der Waals surface area contributed by atoms with Crippen molar-refractivity contribution in [1.82, 2.24) is 15.5 Å². The van der Waals surface area contributed by atoms with E-state index in [1.165, 1.54) is 5.56 Å². The van der Waals surface area contributed by atoms with Gasteiger partial charge in [0, 0.05) is 39.8 Å². The molecule has 0 amide bonds. The molecule has 7 heteroatoms. The van der Waals surface area contributed by atoms with Crippen molar-refractivity contribution in [1.29, 1.82) is 0 Å². The maximum Gasteiger partial charge on any atom is 0.191 e. The van der Waals surface area contributed by atoms with Crippen molar-refractivity contribution in [3.63, 3.8) is 0 Å². The number of nitrogens with zero attached hydrogens (tertiary/aromatic N) is 2. The summed E-state index contributed by atoms with van der Waals surface area (Å²) in [6.45, 7) is 11.4. The number of nitrogens with one attached hydrogen (secondary N) is 2. The summed E-state index contributed by atoms with van der Waals surface area (Å²) < 4.78 is 11.3. The summed E-state index contributed by atoms with van der Waals surface area (Å²) in [4.78, 5) is 6.65. The quantitative estimate of drug-likeness (QED) is 0.317. The normalized spacial score (nSPS) is 15.3. The largest absolute Gasteiger partial charge is 0.492 e. The second kappa shape index (κ2) is 14.0. The number of guanidine groups is 1. The fourth-order valence-corrected chi connectivity index (χ4v) is 2.75. The number of ether oxygens (including phenoxy) is 2. The van der Waals surface area contributed by atoms with Crippen LogP contribution in [0, 0.1) is 5.92 Å². The van der Waals surface area contributed by atoms with Gasteiger partial charge in [0.2, 0.25) is 0 Å². The van der Waals surface area contributed by atoms with Gasteiger partial charge in [-0.3, -0.25) is 9.89 Å². The molecule has 0 bridgehead atoms. The highest BCUT2D eigenvalue weighted by molar-refractivity contribution is 14.0. The Labute approximate surface area is 181 Å². The lowest BCUT2D eigenvalue weighted by Gasteiger charge is -2.26. The van der Waals surface area contributed by atoms with Crippen molar-refractivity contribution in [2.75, 3.05) is 53.0 Å². The Morgan fingerprint density at radius 3 is 2.74 bits per heavy atom. The van der Waals surface area contributed by atoms with Crippen molar-refractivity contribution in [2.45, 2.75) is 26.8 Å². The van der Waals surface area contributed by atoms with E-state index in [9.17, 15) is 0 Å². The molecule has 27 heavy (non-hydrogen) atoms. The first-order chi connectivity index (χ1) is 12.7. The van der Waals surface area contributed by atoms with Crippen molar-refractivity contribution < 1.29 is 9.47 Å². The van der Waals surface area contributed by atoms with Gasteiger partial charge in [-0.15, -0.1) is 24.0 Å².